The lowest BCUT2D eigenvalue weighted by molar-refractivity contribution is 1.10. The van der Waals surface area contributed by atoms with E-state index in [9.17, 15) is 0 Å². The van der Waals surface area contributed by atoms with E-state index in [2.05, 4.69) is 119 Å². The summed E-state index contributed by atoms with van der Waals surface area (Å²) in [6.07, 6.45) is 3.86. The van der Waals surface area contributed by atoms with Crippen molar-refractivity contribution in [2.24, 2.45) is 0 Å². The first-order valence-corrected chi connectivity index (χ1v) is 13.8. The first-order chi connectivity index (χ1) is 19.3. The Balaban J connectivity index is 1.46. The second-order valence-electron chi connectivity index (χ2n) is 9.74. The molecule has 0 spiro atoms. The minimum absolute atomic E-state index is 0.973. The van der Waals surface area contributed by atoms with Gasteiger partial charge in [-0.15, -0.1) is 11.3 Å². The van der Waals surface area contributed by atoms with E-state index in [1.807, 2.05) is 18.2 Å². The van der Waals surface area contributed by atoms with Crippen LogP contribution in [0.2, 0.25) is 0 Å². The summed E-state index contributed by atoms with van der Waals surface area (Å²) >= 11 is 1.75. The fraction of sp³-hybridized carbons (Fsp3) is 0. The zero-order valence-corrected chi connectivity index (χ0v) is 22.0. The van der Waals surface area contributed by atoms with Crippen LogP contribution >= 0.6 is 11.3 Å². The molecule has 184 valence electrons. The Labute approximate surface area is 229 Å². The molecule has 4 aromatic heterocycles. The Morgan fingerprint density at radius 3 is 2.15 bits per heavy atom. The van der Waals surface area contributed by atoms with E-state index in [0.717, 1.165) is 49.5 Å². The van der Waals surface area contributed by atoms with Gasteiger partial charge in [0.15, 0.2) is 0 Å². The van der Waals surface area contributed by atoms with Crippen LogP contribution in [0.25, 0.3) is 76.7 Å². The maximum atomic E-state index is 5.28. The molecule has 8 aromatic rings. The average molecular weight is 518 g/mol. The molecule has 0 N–H and O–H groups in total. The normalized spacial score (nSPS) is 11.8. The van der Waals surface area contributed by atoms with Gasteiger partial charge in [0.2, 0.25) is 0 Å². The fourth-order valence-corrected chi connectivity index (χ4v) is 7.07. The molecule has 0 atom stereocenters. The predicted octanol–water partition coefficient (Wildman–Crippen LogP) is 9.78. The maximum absolute atomic E-state index is 5.28. The standard InChI is InChI=1S/C35H23N3S/c1-3-24-27-20-23(18-19-32(27)37(30(24)4-2)22-12-6-5-7-13-22)38-31-16-10-8-14-25(31)28-21-29-26-15-9-11-17-33(26)39-35(29)36-34(28)38/h3-21H,1-2H2. The summed E-state index contributed by atoms with van der Waals surface area (Å²) in [5.41, 5.74) is 7.53. The number of nitrogens with zero attached hydrogens (tertiary/aromatic N) is 3. The van der Waals surface area contributed by atoms with Gasteiger partial charge in [0.1, 0.15) is 10.5 Å². The number of benzene rings is 4. The summed E-state index contributed by atoms with van der Waals surface area (Å²) in [5, 5.41) is 5.98. The molecule has 0 unspecified atom stereocenters. The number of pyridine rings is 1. The van der Waals surface area contributed by atoms with Crippen molar-refractivity contribution in [1.82, 2.24) is 14.1 Å². The van der Waals surface area contributed by atoms with Crippen LogP contribution in [0.4, 0.5) is 0 Å². The van der Waals surface area contributed by atoms with E-state index in [0.29, 0.717) is 0 Å². The zero-order chi connectivity index (χ0) is 26.1. The third-order valence-electron chi connectivity index (χ3n) is 7.70. The molecule has 0 amide bonds. The molecular weight excluding hydrogens is 494 g/mol. The van der Waals surface area contributed by atoms with Gasteiger partial charge in [0.05, 0.1) is 16.7 Å². The molecule has 0 saturated carbocycles. The highest BCUT2D eigenvalue weighted by molar-refractivity contribution is 7.25. The van der Waals surface area contributed by atoms with Crippen LogP contribution in [0, 0.1) is 0 Å². The highest BCUT2D eigenvalue weighted by atomic mass is 32.1. The molecular formula is C35H23N3S. The predicted molar refractivity (Wildman–Crippen MR) is 168 cm³/mol. The topological polar surface area (TPSA) is 22.8 Å². The molecule has 4 heteroatoms. The van der Waals surface area contributed by atoms with E-state index < -0.39 is 0 Å². The minimum atomic E-state index is 0.973. The first-order valence-electron chi connectivity index (χ1n) is 13.0. The van der Waals surface area contributed by atoms with Crippen molar-refractivity contribution in [2.45, 2.75) is 0 Å². The van der Waals surface area contributed by atoms with E-state index in [-0.39, 0.29) is 0 Å². The largest absolute Gasteiger partial charge is 0.309 e. The summed E-state index contributed by atoms with van der Waals surface area (Å²) in [5.74, 6) is 0. The maximum Gasteiger partial charge on any atom is 0.147 e. The molecule has 0 fully saturated rings. The Morgan fingerprint density at radius 2 is 1.33 bits per heavy atom. The van der Waals surface area contributed by atoms with Crippen LogP contribution in [0.1, 0.15) is 11.3 Å². The highest BCUT2D eigenvalue weighted by Gasteiger charge is 2.19. The van der Waals surface area contributed by atoms with Crippen LogP contribution in [0.5, 0.6) is 0 Å². The molecule has 4 aromatic carbocycles. The van der Waals surface area contributed by atoms with Gasteiger partial charge in [-0.05, 0) is 54.6 Å². The Kier molecular flexibility index (Phi) is 4.69. The van der Waals surface area contributed by atoms with Crippen molar-refractivity contribution in [3.8, 4) is 11.4 Å². The Morgan fingerprint density at radius 1 is 0.590 bits per heavy atom. The summed E-state index contributed by atoms with van der Waals surface area (Å²) in [7, 11) is 0. The quantitative estimate of drug-likeness (QED) is 0.228. The number of rotatable bonds is 4. The number of thiophene rings is 1. The number of fused-ring (bicyclic) bond motifs is 7. The Bertz CT molecular complexity index is 2260. The van der Waals surface area contributed by atoms with Gasteiger partial charge in [-0.2, -0.15) is 0 Å². The van der Waals surface area contributed by atoms with Gasteiger partial charge in [-0.3, -0.25) is 4.57 Å². The van der Waals surface area contributed by atoms with Crippen molar-refractivity contribution < 1.29 is 0 Å². The lowest BCUT2D eigenvalue weighted by Crippen LogP contribution is -1.97. The van der Waals surface area contributed by atoms with Gasteiger partial charge in [0.25, 0.3) is 0 Å². The molecule has 0 saturated heterocycles. The van der Waals surface area contributed by atoms with Crippen molar-refractivity contribution in [3.63, 3.8) is 0 Å². The van der Waals surface area contributed by atoms with Crippen LogP contribution in [-0.4, -0.2) is 14.1 Å². The molecule has 0 aliphatic carbocycles. The SMILES string of the molecule is C=Cc1c(C=C)n(-c2ccccc2)c2ccc(-n3c4ccccc4c4cc5c(nc43)sc3ccccc35)cc12. The molecule has 8 rings (SSSR count). The van der Waals surface area contributed by atoms with Crippen LogP contribution < -0.4 is 0 Å². The van der Waals surface area contributed by atoms with E-state index in [4.69, 9.17) is 4.98 Å². The zero-order valence-electron chi connectivity index (χ0n) is 21.1. The molecule has 39 heavy (non-hydrogen) atoms. The van der Waals surface area contributed by atoms with E-state index >= 15 is 0 Å². The molecule has 4 heterocycles. The van der Waals surface area contributed by atoms with E-state index in [1.165, 1.54) is 26.2 Å². The number of hydrogen-bond donors (Lipinski definition) is 0. The van der Waals surface area contributed by atoms with Crippen molar-refractivity contribution >= 4 is 76.6 Å². The fourth-order valence-electron chi connectivity index (χ4n) is 6.01. The smallest absolute Gasteiger partial charge is 0.147 e. The van der Waals surface area contributed by atoms with Gasteiger partial charge >= 0.3 is 0 Å². The van der Waals surface area contributed by atoms with E-state index in [1.54, 1.807) is 11.3 Å². The summed E-state index contributed by atoms with van der Waals surface area (Å²) in [4.78, 5) is 6.34. The molecule has 0 radical (unpaired) electrons. The Hall–Kier alpha value is -4.93. The number of aromatic nitrogens is 3. The van der Waals surface area contributed by atoms with Gasteiger partial charge in [0, 0.05) is 48.6 Å². The second-order valence-corrected chi connectivity index (χ2v) is 10.8. The lowest BCUT2D eigenvalue weighted by Gasteiger charge is -2.10. The van der Waals surface area contributed by atoms with Gasteiger partial charge < -0.3 is 4.57 Å². The number of para-hydroxylation sites is 2. The first kappa shape index (κ1) is 22.1. The van der Waals surface area contributed by atoms with Crippen molar-refractivity contribution in [3.05, 3.63) is 128 Å². The average Bonchev–Trinajstić information content (AvgIpc) is 3.62. The lowest BCUT2D eigenvalue weighted by atomic mass is 10.1. The van der Waals surface area contributed by atoms with Crippen LogP contribution in [-0.2, 0) is 0 Å². The summed E-state index contributed by atoms with van der Waals surface area (Å²) < 4.78 is 5.82. The summed E-state index contributed by atoms with van der Waals surface area (Å²) in [6.45, 7) is 8.30. The monoisotopic (exact) mass is 517 g/mol. The molecule has 0 aliphatic heterocycles. The van der Waals surface area contributed by atoms with Gasteiger partial charge in [-0.25, -0.2) is 4.98 Å². The number of hydrogen-bond acceptors (Lipinski definition) is 2. The third kappa shape index (κ3) is 3.06. The van der Waals surface area contributed by atoms with Crippen LogP contribution in [0.3, 0.4) is 0 Å². The van der Waals surface area contributed by atoms with Crippen molar-refractivity contribution in [1.29, 1.82) is 0 Å². The van der Waals surface area contributed by atoms with Crippen molar-refractivity contribution in [2.75, 3.05) is 0 Å². The molecule has 0 bridgehead atoms. The third-order valence-corrected chi connectivity index (χ3v) is 8.78. The van der Waals surface area contributed by atoms with Gasteiger partial charge in [-0.1, -0.05) is 73.8 Å². The van der Waals surface area contributed by atoms with Crippen LogP contribution in [0.15, 0.2) is 116 Å². The second kappa shape index (κ2) is 8.29. The highest BCUT2D eigenvalue weighted by Crippen LogP contribution is 2.40. The summed E-state index contributed by atoms with van der Waals surface area (Å²) in [6, 6.07) is 36.6. The molecule has 3 nitrogen and oxygen atoms in total. The minimum Gasteiger partial charge on any atom is -0.309 e. The molecule has 0 aliphatic rings.